The van der Waals surface area contributed by atoms with Gasteiger partial charge in [-0.2, -0.15) is 0 Å². The highest BCUT2D eigenvalue weighted by molar-refractivity contribution is 9.10. The van der Waals surface area contributed by atoms with Crippen LogP contribution in [0.1, 0.15) is 15.4 Å². The fourth-order valence-electron chi connectivity index (χ4n) is 2.20. The normalized spacial score (nSPS) is 11.5. The van der Waals surface area contributed by atoms with Gasteiger partial charge in [0.25, 0.3) is 0 Å². The third kappa shape index (κ3) is 3.48. The molecule has 0 aliphatic rings. The first-order valence-electron chi connectivity index (χ1n) is 6.99. The summed E-state index contributed by atoms with van der Waals surface area (Å²) in [7, 11) is 4.12. The standard InChI is InChI=1S/C15H18BrN5S/c1-9-4-12-13(5-11(9)16)20-15(19-12)18-7-14-17-6-10(22-14)8-21(2)3/h4-6H,7-8H2,1-3H3,(H2,18,19,20). The van der Waals surface area contributed by atoms with Gasteiger partial charge in [-0.15, -0.1) is 11.3 Å². The Bertz CT molecular complexity index is 753. The van der Waals surface area contributed by atoms with Crippen molar-refractivity contribution in [3.63, 3.8) is 0 Å². The lowest BCUT2D eigenvalue weighted by molar-refractivity contribution is 0.406. The first kappa shape index (κ1) is 15.5. The molecule has 3 rings (SSSR count). The van der Waals surface area contributed by atoms with Gasteiger partial charge >= 0.3 is 0 Å². The van der Waals surface area contributed by atoms with E-state index in [4.69, 9.17) is 0 Å². The smallest absolute Gasteiger partial charge is 0.201 e. The molecule has 22 heavy (non-hydrogen) atoms. The number of hydrogen-bond donors (Lipinski definition) is 2. The van der Waals surface area contributed by atoms with Gasteiger partial charge < -0.3 is 15.2 Å². The number of fused-ring (bicyclic) bond motifs is 1. The molecule has 0 saturated carbocycles. The molecule has 0 radical (unpaired) electrons. The van der Waals surface area contributed by atoms with E-state index in [1.165, 1.54) is 10.4 Å². The van der Waals surface area contributed by atoms with Crippen LogP contribution in [0.3, 0.4) is 0 Å². The lowest BCUT2D eigenvalue weighted by Gasteiger charge is -2.05. The Balaban J connectivity index is 1.69. The second-order valence-corrected chi connectivity index (χ2v) is 7.57. The highest BCUT2D eigenvalue weighted by atomic mass is 79.9. The summed E-state index contributed by atoms with van der Waals surface area (Å²) in [4.78, 5) is 15.7. The van der Waals surface area contributed by atoms with Gasteiger partial charge in [0.1, 0.15) is 5.01 Å². The van der Waals surface area contributed by atoms with Crippen LogP contribution in [-0.4, -0.2) is 33.9 Å². The number of thiazole rings is 1. The molecule has 0 saturated heterocycles. The second-order valence-electron chi connectivity index (χ2n) is 5.52. The van der Waals surface area contributed by atoms with Crippen LogP contribution >= 0.6 is 27.3 Å². The molecule has 0 aliphatic heterocycles. The molecule has 7 heteroatoms. The predicted molar refractivity (Wildman–Crippen MR) is 95.4 cm³/mol. The molecule has 0 atom stereocenters. The maximum Gasteiger partial charge on any atom is 0.201 e. The topological polar surface area (TPSA) is 56.8 Å². The second kappa shape index (κ2) is 6.36. The average Bonchev–Trinajstić information content (AvgIpc) is 3.03. The molecule has 0 fully saturated rings. The molecule has 2 aromatic heterocycles. The minimum absolute atomic E-state index is 0.679. The predicted octanol–water partition coefficient (Wildman–Crippen LogP) is 3.76. The fraction of sp³-hybridized carbons (Fsp3) is 0.333. The van der Waals surface area contributed by atoms with E-state index in [0.717, 1.165) is 33.0 Å². The molecule has 0 amide bonds. The number of nitrogens with one attached hydrogen (secondary N) is 2. The van der Waals surface area contributed by atoms with Crippen LogP contribution < -0.4 is 5.32 Å². The molecule has 0 aliphatic carbocycles. The van der Waals surface area contributed by atoms with E-state index in [1.54, 1.807) is 11.3 Å². The fourth-order valence-corrected chi connectivity index (χ4v) is 3.51. The molecule has 2 N–H and O–H groups in total. The molecule has 3 aromatic rings. The summed E-state index contributed by atoms with van der Waals surface area (Å²) in [5, 5.41) is 4.37. The van der Waals surface area contributed by atoms with Crippen LogP contribution in [0.4, 0.5) is 5.95 Å². The zero-order valence-corrected chi connectivity index (χ0v) is 15.2. The Morgan fingerprint density at radius 3 is 2.95 bits per heavy atom. The summed E-state index contributed by atoms with van der Waals surface area (Å²) in [6.07, 6.45) is 1.95. The van der Waals surface area contributed by atoms with Crippen molar-refractivity contribution in [3.8, 4) is 0 Å². The van der Waals surface area contributed by atoms with E-state index in [1.807, 2.05) is 12.3 Å². The number of H-pyrrole nitrogens is 1. The van der Waals surface area contributed by atoms with Crippen molar-refractivity contribution in [2.24, 2.45) is 0 Å². The van der Waals surface area contributed by atoms with Crippen LogP contribution in [-0.2, 0) is 13.1 Å². The van der Waals surface area contributed by atoms with E-state index in [9.17, 15) is 0 Å². The Morgan fingerprint density at radius 1 is 1.36 bits per heavy atom. The van der Waals surface area contributed by atoms with E-state index in [0.29, 0.717) is 6.54 Å². The van der Waals surface area contributed by atoms with Gasteiger partial charge in [0.15, 0.2) is 0 Å². The third-order valence-electron chi connectivity index (χ3n) is 3.24. The summed E-state index contributed by atoms with van der Waals surface area (Å²) in [5.74, 6) is 0.775. The van der Waals surface area contributed by atoms with Gasteiger partial charge in [0.05, 0.1) is 17.6 Å². The zero-order chi connectivity index (χ0) is 15.7. The zero-order valence-electron chi connectivity index (χ0n) is 12.8. The first-order valence-corrected chi connectivity index (χ1v) is 8.60. The Morgan fingerprint density at radius 2 is 2.18 bits per heavy atom. The van der Waals surface area contributed by atoms with E-state index >= 15 is 0 Å². The average molecular weight is 380 g/mol. The van der Waals surface area contributed by atoms with E-state index < -0.39 is 0 Å². The van der Waals surface area contributed by atoms with Crippen molar-refractivity contribution in [1.29, 1.82) is 0 Å². The van der Waals surface area contributed by atoms with Crippen LogP contribution in [0.25, 0.3) is 11.0 Å². The highest BCUT2D eigenvalue weighted by Gasteiger charge is 2.07. The molecule has 0 bridgehead atoms. The van der Waals surface area contributed by atoms with Crippen LogP contribution in [0.15, 0.2) is 22.8 Å². The lowest BCUT2D eigenvalue weighted by Crippen LogP contribution is -2.09. The largest absolute Gasteiger partial charge is 0.349 e. The number of nitrogens with zero attached hydrogens (tertiary/aromatic N) is 3. The van der Waals surface area contributed by atoms with Crippen LogP contribution in [0.5, 0.6) is 0 Å². The van der Waals surface area contributed by atoms with Crippen molar-refractivity contribution in [1.82, 2.24) is 19.9 Å². The summed E-state index contributed by atoms with van der Waals surface area (Å²) >= 11 is 5.26. The number of hydrogen-bond acceptors (Lipinski definition) is 5. The Hall–Kier alpha value is -1.44. The number of aromatic nitrogens is 3. The molecule has 5 nitrogen and oxygen atoms in total. The minimum Gasteiger partial charge on any atom is -0.349 e. The van der Waals surface area contributed by atoms with Gasteiger partial charge in [-0.25, -0.2) is 9.97 Å². The number of rotatable bonds is 5. The lowest BCUT2D eigenvalue weighted by atomic mass is 10.2. The van der Waals surface area contributed by atoms with Crippen LogP contribution in [0, 0.1) is 6.92 Å². The number of aromatic amines is 1. The van der Waals surface area contributed by atoms with Crippen molar-refractivity contribution in [2.45, 2.75) is 20.0 Å². The summed E-state index contributed by atoms with van der Waals surface area (Å²) < 4.78 is 1.08. The summed E-state index contributed by atoms with van der Waals surface area (Å²) in [6.45, 7) is 3.67. The Kier molecular flexibility index (Phi) is 4.46. The molecular weight excluding hydrogens is 362 g/mol. The van der Waals surface area contributed by atoms with Gasteiger partial charge in [-0.1, -0.05) is 15.9 Å². The summed E-state index contributed by atoms with van der Waals surface area (Å²) in [5.41, 5.74) is 3.18. The SMILES string of the molecule is Cc1cc2[nH]c(NCc3ncc(CN(C)C)s3)nc2cc1Br. The first-order chi connectivity index (χ1) is 10.5. The van der Waals surface area contributed by atoms with Gasteiger partial charge in [0, 0.05) is 22.1 Å². The molecule has 1 aromatic carbocycles. The maximum atomic E-state index is 4.56. The number of aryl methyl sites for hydroxylation is 1. The van der Waals surface area contributed by atoms with Crippen molar-refractivity contribution >= 4 is 44.2 Å². The number of anilines is 1. The maximum absolute atomic E-state index is 4.56. The number of halogens is 1. The van der Waals surface area contributed by atoms with Crippen LogP contribution in [0.2, 0.25) is 0 Å². The quantitative estimate of drug-likeness (QED) is 0.708. The van der Waals surface area contributed by atoms with E-state index in [-0.39, 0.29) is 0 Å². The van der Waals surface area contributed by atoms with Crippen molar-refractivity contribution < 1.29 is 0 Å². The highest BCUT2D eigenvalue weighted by Crippen LogP contribution is 2.24. The minimum atomic E-state index is 0.679. The van der Waals surface area contributed by atoms with Gasteiger partial charge in [-0.3, -0.25) is 0 Å². The summed E-state index contributed by atoms with van der Waals surface area (Å²) in [6, 6.07) is 4.13. The van der Waals surface area contributed by atoms with Crippen molar-refractivity contribution in [2.75, 3.05) is 19.4 Å². The molecule has 0 unspecified atom stereocenters. The Labute approximate surface area is 141 Å². The van der Waals surface area contributed by atoms with Gasteiger partial charge in [-0.05, 0) is 38.7 Å². The molecule has 116 valence electrons. The van der Waals surface area contributed by atoms with E-state index in [2.05, 4.69) is 68.2 Å². The number of imidazole rings is 1. The van der Waals surface area contributed by atoms with Gasteiger partial charge in [0.2, 0.25) is 5.95 Å². The molecule has 2 heterocycles. The monoisotopic (exact) mass is 379 g/mol. The number of benzene rings is 1. The third-order valence-corrected chi connectivity index (χ3v) is 5.08. The molecule has 0 spiro atoms. The molecular formula is C15H18BrN5S. The van der Waals surface area contributed by atoms with Crippen molar-refractivity contribution in [3.05, 3.63) is 38.3 Å².